The smallest absolute Gasteiger partial charge is 0.0951 e. The first kappa shape index (κ1) is 12.3. The van der Waals surface area contributed by atoms with E-state index in [0.29, 0.717) is 6.04 Å². The number of pyridine rings is 1. The van der Waals surface area contributed by atoms with Crippen LogP contribution in [0.15, 0.2) is 30.5 Å². The summed E-state index contributed by atoms with van der Waals surface area (Å²) in [5.41, 5.74) is 9.02. The van der Waals surface area contributed by atoms with Crippen molar-refractivity contribution >= 4 is 22.3 Å². The second kappa shape index (κ2) is 5.08. The molecule has 0 bridgehead atoms. The fourth-order valence-corrected chi connectivity index (χ4v) is 3.28. The number of nitrogens with zero attached hydrogens (tertiary/aromatic N) is 2. The molecule has 1 aromatic heterocycles. The number of fused-ring (bicyclic) bond motifs is 1. The summed E-state index contributed by atoms with van der Waals surface area (Å²) in [7, 11) is 0. The number of hydrogen-bond acceptors (Lipinski definition) is 3. The Kier molecular flexibility index (Phi) is 3.28. The molecule has 100 valence electrons. The average Bonchev–Trinajstić information content (AvgIpc) is 2.95. The SMILES string of the molecule is CCN(c1ccnc2c(N)cccc12)C1CCCC1. The molecule has 0 aliphatic heterocycles. The minimum absolute atomic E-state index is 0.678. The summed E-state index contributed by atoms with van der Waals surface area (Å²) in [5, 5.41) is 1.18. The Balaban J connectivity index is 2.10. The molecule has 0 radical (unpaired) electrons. The highest BCUT2D eigenvalue weighted by molar-refractivity contribution is 5.98. The quantitative estimate of drug-likeness (QED) is 0.852. The van der Waals surface area contributed by atoms with Crippen molar-refractivity contribution in [2.75, 3.05) is 17.2 Å². The molecule has 1 aliphatic carbocycles. The van der Waals surface area contributed by atoms with Gasteiger partial charge in [0.25, 0.3) is 0 Å². The van der Waals surface area contributed by atoms with Gasteiger partial charge in [0.15, 0.2) is 0 Å². The molecule has 2 N–H and O–H groups in total. The topological polar surface area (TPSA) is 42.2 Å². The summed E-state index contributed by atoms with van der Waals surface area (Å²) in [6, 6.07) is 8.88. The fourth-order valence-electron chi connectivity index (χ4n) is 3.28. The number of anilines is 2. The van der Waals surface area contributed by atoms with Gasteiger partial charge in [0.1, 0.15) is 0 Å². The van der Waals surface area contributed by atoms with Gasteiger partial charge in [-0.2, -0.15) is 0 Å². The van der Waals surface area contributed by atoms with Crippen LogP contribution in [0.1, 0.15) is 32.6 Å². The van der Waals surface area contributed by atoms with Gasteiger partial charge in [-0.1, -0.05) is 25.0 Å². The highest BCUT2D eigenvalue weighted by atomic mass is 15.2. The summed E-state index contributed by atoms with van der Waals surface area (Å²) in [5.74, 6) is 0. The van der Waals surface area contributed by atoms with E-state index in [1.165, 1.54) is 36.8 Å². The molecule has 1 aliphatic rings. The number of rotatable bonds is 3. The lowest BCUT2D eigenvalue weighted by atomic mass is 10.1. The molecule has 3 heteroatoms. The zero-order valence-electron chi connectivity index (χ0n) is 11.5. The van der Waals surface area contributed by atoms with E-state index in [9.17, 15) is 0 Å². The molecule has 1 heterocycles. The van der Waals surface area contributed by atoms with Crippen LogP contribution in [0.5, 0.6) is 0 Å². The summed E-state index contributed by atoms with van der Waals surface area (Å²) in [6.07, 6.45) is 7.20. The summed E-state index contributed by atoms with van der Waals surface area (Å²) in [6.45, 7) is 3.27. The Labute approximate surface area is 114 Å². The van der Waals surface area contributed by atoms with Gasteiger partial charge >= 0.3 is 0 Å². The highest BCUT2D eigenvalue weighted by Gasteiger charge is 2.23. The van der Waals surface area contributed by atoms with Gasteiger partial charge in [-0.15, -0.1) is 0 Å². The van der Waals surface area contributed by atoms with Crippen LogP contribution in [-0.4, -0.2) is 17.6 Å². The zero-order valence-corrected chi connectivity index (χ0v) is 11.5. The first-order valence-electron chi connectivity index (χ1n) is 7.21. The lowest BCUT2D eigenvalue weighted by molar-refractivity contribution is 0.621. The van der Waals surface area contributed by atoms with Crippen molar-refractivity contribution in [3.05, 3.63) is 30.5 Å². The van der Waals surface area contributed by atoms with Gasteiger partial charge in [0, 0.05) is 29.9 Å². The van der Waals surface area contributed by atoms with E-state index in [-0.39, 0.29) is 0 Å². The van der Waals surface area contributed by atoms with E-state index in [2.05, 4.69) is 28.9 Å². The van der Waals surface area contributed by atoms with Crippen molar-refractivity contribution in [1.29, 1.82) is 0 Å². The van der Waals surface area contributed by atoms with E-state index < -0.39 is 0 Å². The maximum atomic E-state index is 6.04. The molecule has 0 atom stereocenters. The highest BCUT2D eigenvalue weighted by Crippen LogP contribution is 2.33. The molecule has 1 saturated carbocycles. The van der Waals surface area contributed by atoms with E-state index in [4.69, 9.17) is 5.73 Å². The first-order valence-corrected chi connectivity index (χ1v) is 7.21. The number of nitrogens with two attached hydrogens (primary N) is 1. The van der Waals surface area contributed by atoms with Gasteiger partial charge in [-0.05, 0) is 31.9 Å². The van der Waals surface area contributed by atoms with Crippen LogP contribution in [-0.2, 0) is 0 Å². The number of hydrogen-bond donors (Lipinski definition) is 1. The Hall–Kier alpha value is -1.77. The Morgan fingerprint density at radius 1 is 1.26 bits per heavy atom. The number of benzene rings is 1. The van der Waals surface area contributed by atoms with Crippen molar-refractivity contribution in [3.8, 4) is 0 Å². The molecular weight excluding hydrogens is 234 g/mol. The molecule has 3 nitrogen and oxygen atoms in total. The molecule has 19 heavy (non-hydrogen) atoms. The second-order valence-corrected chi connectivity index (χ2v) is 5.30. The monoisotopic (exact) mass is 255 g/mol. The van der Waals surface area contributed by atoms with E-state index in [0.717, 1.165) is 17.7 Å². The van der Waals surface area contributed by atoms with Gasteiger partial charge in [-0.25, -0.2) is 0 Å². The maximum absolute atomic E-state index is 6.04. The van der Waals surface area contributed by atoms with Crippen LogP contribution in [0.4, 0.5) is 11.4 Å². The van der Waals surface area contributed by atoms with Crippen LogP contribution in [0.25, 0.3) is 10.9 Å². The third-order valence-corrected chi connectivity index (χ3v) is 4.19. The molecule has 0 spiro atoms. The van der Waals surface area contributed by atoms with Crippen LogP contribution in [0.2, 0.25) is 0 Å². The molecule has 0 saturated heterocycles. The first-order chi connectivity index (χ1) is 9.31. The summed E-state index contributed by atoms with van der Waals surface area (Å²) in [4.78, 5) is 6.96. The Morgan fingerprint density at radius 3 is 2.79 bits per heavy atom. The molecule has 0 unspecified atom stereocenters. The van der Waals surface area contributed by atoms with Gasteiger partial charge < -0.3 is 10.6 Å². The van der Waals surface area contributed by atoms with Crippen molar-refractivity contribution in [1.82, 2.24) is 4.98 Å². The second-order valence-electron chi connectivity index (χ2n) is 5.30. The molecule has 2 aromatic rings. The fraction of sp³-hybridized carbons (Fsp3) is 0.438. The van der Waals surface area contributed by atoms with Gasteiger partial charge in [0.05, 0.1) is 11.2 Å². The predicted molar refractivity (Wildman–Crippen MR) is 81.4 cm³/mol. The van der Waals surface area contributed by atoms with Crippen molar-refractivity contribution < 1.29 is 0 Å². The van der Waals surface area contributed by atoms with Crippen molar-refractivity contribution in [2.45, 2.75) is 38.6 Å². The minimum atomic E-state index is 0.678. The number of para-hydroxylation sites is 1. The number of aromatic nitrogens is 1. The van der Waals surface area contributed by atoms with Crippen LogP contribution >= 0.6 is 0 Å². The van der Waals surface area contributed by atoms with Crippen LogP contribution in [0.3, 0.4) is 0 Å². The normalized spacial score (nSPS) is 16.1. The van der Waals surface area contributed by atoms with E-state index >= 15 is 0 Å². The summed E-state index contributed by atoms with van der Waals surface area (Å²) >= 11 is 0. The maximum Gasteiger partial charge on any atom is 0.0951 e. The Bertz CT molecular complexity index is 573. The van der Waals surface area contributed by atoms with Crippen molar-refractivity contribution in [3.63, 3.8) is 0 Å². The molecular formula is C16H21N3. The molecule has 3 rings (SSSR count). The number of nitrogen functional groups attached to an aromatic ring is 1. The van der Waals surface area contributed by atoms with Crippen molar-refractivity contribution in [2.24, 2.45) is 0 Å². The van der Waals surface area contributed by atoms with Crippen LogP contribution in [0, 0.1) is 0 Å². The van der Waals surface area contributed by atoms with E-state index in [1.807, 2.05) is 18.3 Å². The Morgan fingerprint density at radius 2 is 2.05 bits per heavy atom. The average molecular weight is 255 g/mol. The minimum Gasteiger partial charge on any atom is -0.397 e. The van der Waals surface area contributed by atoms with Gasteiger partial charge in [-0.3, -0.25) is 4.98 Å². The zero-order chi connectivity index (χ0) is 13.2. The van der Waals surface area contributed by atoms with Crippen LogP contribution < -0.4 is 10.6 Å². The standard InChI is InChI=1S/C16H21N3/c1-2-19(12-6-3-4-7-12)15-10-11-18-16-13(15)8-5-9-14(16)17/h5,8-12H,2-4,6-7,17H2,1H3. The van der Waals surface area contributed by atoms with E-state index in [1.54, 1.807) is 0 Å². The predicted octanol–water partition coefficient (Wildman–Crippen LogP) is 3.59. The third-order valence-electron chi connectivity index (χ3n) is 4.19. The molecule has 0 amide bonds. The lowest BCUT2D eigenvalue weighted by Gasteiger charge is -2.31. The molecule has 1 aromatic carbocycles. The van der Waals surface area contributed by atoms with Gasteiger partial charge in [0.2, 0.25) is 0 Å². The summed E-state index contributed by atoms with van der Waals surface area (Å²) < 4.78 is 0. The lowest BCUT2D eigenvalue weighted by Crippen LogP contribution is -2.33. The third kappa shape index (κ3) is 2.14. The molecule has 1 fully saturated rings. The largest absolute Gasteiger partial charge is 0.397 e.